The minimum atomic E-state index is 1.12. The maximum Gasteiger partial charge on any atom is 0.0486 e. The van der Waals surface area contributed by atoms with Crippen LogP contribution >= 0.6 is 0 Å². The van der Waals surface area contributed by atoms with Gasteiger partial charge in [-0.15, -0.1) is 0 Å². The van der Waals surface area contributed by atoms with Crippen molar-refractivity contribution in [1.29, 1.82) is 0 Å². The van der Waals surface area contributed by atoms with Crippen LogP contribution in [0, 0.1) is 13.8 Å². The van der Waals surface area contributed by atoms with Crippen molar-refractivity contribution in [3.05, 3.63) is 35.0 Å². The standard InChI is InChI=1S/C19H29N3/c1-4-8-22-14-17(5-9-21-10-6-20-7-11-21)18-12-15(2)16(3)13-19(18)22/h12-14,20H,4-11H2,1-3H3. The predicted octanol–water partition coefficient (Wildman–Crippen LogP) is 3.12. The third-order valence-corrected chi connectivity index (χ3v) is 4.95. The van der Waals surface area contributed by atoms with Gasteiger partial charge in [0.25, 0.3) is 0 Å². The van der Waals surface area contributed by atoms with Crippen LogP contribution in [0.1, 0.15) is 30.0 Å². The van der Waals surface area contributed by atoms with Gasteiger partial charge in [0.1, 0.15) is 0 Å². The third kappa shape index (κ3) is 3.21. The highest BCUT2D eigenvalue weighted by Gasteiger charge is 2.13. The van der Waals surface area contributed by atoms with Crippen LogP contribution in [0.15, 0.2) is 18.3 Å². The lowest BCUT2D eigenvalue weighted by Crippen LogP contribution is -2.44. The summed E-state index contributed by atoms with van der Waals surface area (Å²) in [5.41, 5.74) is 5.74. The first-order chi connectivity index (χ1) is 10.7. The average Bonchev–Trinajstić information content (AvgIpc) is 2.85. The zero-order chi connectivity index (χ0) is 15.5. The lowest BCUT2D eigenvalue weighted by atomic mass is 10.0. The molecule has 3 rings (SSSR count). The maximum atomic E-state index is 3.43. The second kappa shape index (κ2) is 6.84. The fraction of sp³-hybridized carbons (Fsp3) is 0.579. The van der Waals surface area contributed by atoms with Crippen molar-refractivity contribution in [3.63, 3.8) is 0 Å². The Labute approximate surface area is 134 Å². The molecule has 0 radical (unpaired) electrons. The van der Waals surface area contributed by atoms with E-state index in [1.165, 1.54) is 53.6 Å². The van der Waals surface area contributed by atoms with Crippen LogP contribution in [-0.2, 0) is 13.0 Å². The van der Waals surface area contributed by atoms with Gasteiger partial charge in [0.2, 0.25) is 0 Å². The number of hydrogen-bond acceptors (Lipinski definition) is 2. The largest absolute Gasteiger partial charge is 0.347 e. The highest BCUT2D eigenvalue weighted by molar-refractivity contribution is 5.85. The normalized spacial score (nSPS) is 16.5. The van der Waals surface area contributed by atoms with Gasteiger partial charge in [0, 0.05) is 56.4 Å². The number of nitrogens with zero attached hydrogens (tertiary/aromatic N) is 2. The first kappa shape index (κ1) is 15.6. The van der Waals surface area contributed by atoms with E-state index in [1.54, 1.807) is 0 Å². The topological polar surface area (TPSA) is 20.2 Å². The predicted molar refractivity (Wildman–Crippen MR) is 94.7 cm³/mol. The number of aryl methyl sites for hydroxylation is 3. The first-order valence-corrected chi connectivity index (χ1v) is 8.71. The lowest BCUT2D eigenvalue weighted by molar-refractivity contribution is 0.244. The number of nitrogens with one attached hydrogen (secondary N) is 1. The second-order valence-electron chi connectivity index (χ2n) is 6.64. The summed E-state index contributed by atoms with van der Waals surface area (Å²) in [7, 11) is 0. The van der Waals surface area contributed by atoms with Crippen LogP contribution in [-0.4, -0.2) is 42.2 Å². The molecular formula is C19H29N3. The number of hydrogen-bond donors (Lipinski definition) is 1. The molecule has 1 saturated heterocycles. The molecule has 120 valence electrons. The summed E-state index contributed by atoms with van der Waals surface area (Å²) in [6, 6.07) is 4.76. The fourth-order valence-electron chi connectivity index (χ4n) is 3.46. The SMILES string of the molecule is CCCn1cc(CCN2CCNCC2)c2cc(C)c(C)cc21. The average molecular weight is 299 g/mol. The smallest absolute Gasteiger partial charge is 0.0486 e. The van der Waals surface area contributed by atoms with E-state index in [-0.39, 0.29) is 0 Å². The minimum Gasteiger partial charge on any atom is -0.347 e. The zero-order valence-corrected chi connectivity index (χ0v) is 14.3. The van der Waals surface area contributed by atoms with Crippen LogP contribution < -0.4 is 5.32 Å². The summed E-state index contributed by atoms with van der Waals surface area (Å²) in [5.74, 6) is 0. The van der Waals surface area contributed by atoms with E-state index in [1.807, 2.05) is 0 Å². The van der Waals surface area contributed by atoms with Crippen molar-refractivity contribution < 1.29 is 0 Å². The van der Waals surface area contributed by atoms with Gasteiger partial charge in [-0.25, -0.2) is 0 Å². The van der Waals surface area contributed by atoms with Gasteiger partial charge < -0.3 is 14.8 Å². The van der Waals surface area contributed by atoms with Crippen molar-refractivity contribution in [2.75, 3.05) is 32.7 Å². The van der Waals surface area contributed by atoms with Gasteiger partial charge in [-0.1, -0.05) is 6.92 Å². The van der Waals surface area contributed by atoms with E-state index in [4.69, 9.17) is 0 Å². The molecule has 1 aliphatic heterocycles. The van der Waals surface area contributed by atoms with Crippen LogP contribution in [0.25, 0.3) is 10.9 Å². The molecule has 1 fully saturated rings. The van der Waals surface area contributed by atoms with Crippen LogP contribution in [0.2, 0.25) is 0 Å². The van der Waals surface area contributed by atoms with Gasteiger partial charge in [-0.05, 0) is 55.5 Å². The van der Waals surface area contributed by atoms with E-state index in [0.29, 0.717) is 0 Å². The zero-order valence-electron chi connectivity index (χ0n) is 14.3. The van der Waals surface area contributed by atoms with Crippen molar-refractivity contribution in [3.8, 4) is 0 Å². The monoisotopic (exact) mass is 299 g/mol. The highest BCUT2D eigenvalue weighted by Crippen LogP contribution is 2.26. The van der Waals surface area contributed by atoms with Crippen molar-refractivity contribution in [2.24, 2.45) is 0 Å². The molecule has 0 atom stereocenters. The van der Waals surface area contributed by atoms with Crippen molar-refractivity contribution in [2.45, 2.75) is 40.2 Å². The molecule has 1 aliphatic rings. The molecule has 1 aromatic heterocycles. The van der Waals surface area contributed by atoms with E-state index >= 15 is 0 Å². The van der Waals surface area contributed by atoms with Gasteiger partial charge in [-0.2, -0.15) is 0 Å². The Morgan fingerprint density at radius 1 is 1.05 bits per heavy atom. The number of rotatable bonds is 5. The summed E-state index contributed by atoms with van der Waals surface area (Å²) >= 11 is 0. The lowest BCUT2D eigenvalue weighted by Gasteiger charge is -2.26. The molecule has 2 aromatic rings. The number of piperazine rings is 1. The van der Waals surface area contributed by atoms with Crippen LogP contribution in [0.5, 0.6) is 0 Å². The van der Waals surface area contributed by atoms with Crippen LogP contribution in [0.4, 0.5) is 0 Å². The number of aromatic nitrogens is 1. The van der Waals surface area contributed by atoms with E-state index in [9.17, 15) is 0 Å². The number of benzene rings is 1. The molecule has 3 nitrogen and oxygen atoms in total. The molecular weight excluding hydrogens is 270 g/mol. The minimum absolute atomic E-state index is 1.12. The molecule has 0 aliphatic carbocycles. The molecule has 22 heavy (non-hydrogen) atoms. The quantitative estimate of drug-likeness (QED) is 0.915. The molecule has 3 heteroatoms. The Morgan fingerprint density at radius 3 is 2.50 bits per heavy atom. The Bertz CT molecular complexity index is 636. The van der Waals surface area contributed by atoms with Gasteiger partial charge in [-0.3, -0.25) is 0 Å². The van der Waals surface area contributed by atoms with E-state index in [2.05, 4.69) is 53.9 Å². The molecule has 0 amide bonds. The summed E-state index contributed by atoms with van der Waals surface area (Å²) in [5, 5.41) is 4.90. The van der Waals surface area contributed by atoms with Gasteiger partial charge >= 0.3 is 0 Å². The third-order valence-electron chi connectivity index (χ3n) is 4.95. The summed E-state index contributed by atoms with van der Waals surface area (Å²) in [6.07, 6.45) is 4.75. The Hall–Kier alpha value is -1.32. The van der Waals surface area contributed by atoms with Crippen molar-refractivity contribution >= 4 is 10.9 Å². The molecule has 0 unspecified atom stereocenters. The van der Waals surface area contributed by atoms with Crippen LogP contribution in [0.3, 0.4) is 0 Å². The van der Waals surface area contributed by atoms with Gasteiger partial charge in [0.15, 0.2) is 0 Å². The Morgan fingerprint density at radius 2 is 1.77 bits per heavy atom. The maximum absolute atomic E-state index is 3.43. The second-order valence-corrected chi connectivity index (χ2v) is 6.64. The molecule has 0 saturated carbocycles. The van der Waals surface area contributed by atoms with E-state index < -0.39 is 0 Å². The Kier molecular flexibility index (Phi) is 4.84. The summed E-state index contributed by atoms with van der Waals surface area (Å²) in [4.78, 5) is 2.58. The van der Waals surface area contributed by atoms with Crippen molar-refractivity contribution in [1.82, 2.24) is 14.8 Å². The fourth-order valence-corrected chi connectivity index (χ4v) is 3.46. The molecule has 0 spiro atoms. The highest BCUT2D eigenvalue weighted by atomic mass is 15.2. The molecule has 2 heterocycles. The summed E-state index contributed by atoms with van der Waals surface area (Å²) < 4.78 is 2.45. The van der Waals surface area contributed by atoms with Gasteiger partial charge in [0.05, 0.1) is 0 Å². The summed E-state index contributed by atoms with van der Waals surface area (Å²) in [6.45, 7) is 13.6. The first-order valence-electron chi connectivity index (χ1n) is 8.71. The Balaban J connectivity index is 1.85. The molecule has 1 N–H and O–H groups in total. The van der Waals surface area contributed by atoms with E-state index in [0.717, 1.165) is 26.1 Å². The molecule has 1 aromatic carbocycles. The number of fused-ring (bicyclic) bond motifs is 1. The molecule has 0 bridgehead atoms.